The molecule has 0 atom stereocenters. The van der Waals surface area contributed by atoms with E-state index in [9.17, 15) is 15.2 Å². The third kappa shape index (κ3) is 4.84. The molecule has 1 fully saturated rings. The quantitative estimate of drug-likeness (QED) is 0.493. The van der Waals surface area contributed by atoms with Gasteiger partial charge in [0.05, 0.1) is 11.0 Å². The van der Waals surface area contributed by atoms with Crippen molar-refractivity contribution in [3.05, 3.63) is 46.5 Å². The fourth-order valence-electron chi connectivity index (χ4n) is 2.26. The number of nitro groups is 1. The van der Waals surface area contributed by atoms with E-state index in [1.165, 1.54) is 6.07 Å². The highest BCUT2D eigenvalue weighted by molar-refractivity contribution is 5.45. The SMILES string of the molecule is O=[N+]([O-])c1ccccc1OC/C=C\CN1CCC(O)CC1. The first-order chi connectivity index (χ1) is 10.2. The molecule has 0 saturated carbocycles. The first kappa shape index (κ1) is 15.5. The zero-order valence-electron chi connectivity index (χ0n) is 11.9. The number of nitrogens with zero attached hydrogens (tertiary/aromatic N) is 2. The molecule has 0 bridgehead atoms. The molecule has 6 nitrogen and oxygen atoms in total. The molecule has 0 radical (unpaired) electrons. The number of hydrogen-bond acceptors (Lipinski definition) is 5. The third-order valence-electron chi connectivity index (χ3n) is 3.48. The third-order valence-corrected chi connectivity index (χ3v) is 3.48. The molecular weight excluding hydrogens is 272 g/mol. The van der Waals surface area contributed by atoms with Crippen LogP contribution in [0.4, 0.5) is 5.69 Å². The van der Waals surface area contributed by atoms with Crippen molar-refractivity contribution in [2.75, 3.05) is 26.2 Å². The van der Waals surface area contributed by atoms with E-state index in [4.69, 9.17) is 4.74 Å². The molecule has 0 spiro atoms. The van der Waals surface area contributed by atoms with E-state index in [-0.39, 0.29) is 17.5 Å². The van der Waals surface area contributed by atoms with Crippen molar-refractivity contribution in [2.45, 2.75) is 18.9 Å². The van der Waals surface area contributed by atoms with Gasteiger partial charge in [0.2, 0.25) is 0 Å². The molecule has 6 heteroatoms. The highest BCUT2D eigenvalue weighted by atomic mass is 16.6. The standard InChI is InChI=1S/C15H20N2O4/c18-13-7-10-16(11-8-13)9-3-4-12-21-15-6-2-1-5-14(15)17(19)20/h1-6,13,18H,7-12H2/b4-3-. The van der Waals surface area contributed by atoms with Gasteiger partial charge >= 0.3 is 5.69 Å². The van der Waals surface area contributed by atoms with Crippen LogP contribution >= 0.6 is 0 Å². The van der Waals surface area contributed by atoms with Gasteiger partial charge in [0.25, 0.3) is 0 Å². The van der Waals surface area contributed by atoms with Gasteiger partial charge in [0.1, 0.15) is 6.61 Å². The second-order valence-electron chi connectivity index (χ2n) is 5.04. The number of para-hydroxylation sites is 2. The normalized spacial score (nSPS) is 17.2. The summed E-state index contributed by atoms with van der Waals surface area (Å²) in [5.41, 5.74) is -0.0177. The van der Waals surface area contributed by atoms with Gasteiger partial charge in [0, 0.05) is 25.7 Å². The van der Waals surface area contributed by atoms with E-state index >= 15 is 0 Å². The highest BCUT2D eigenvalue weighted by Crippen LogP contribution is 2.25. The Hall–Kier alpha value is -1.92. The van der Waals surface area contributed by atoms with Gasteiger partial charge in [-0.05, 0) is 18.9 Å². The van der Waals surface area contributed by atoms with Crippen LogP contribution in [-0.4, -0.2) is 47.3 Å². The Bertz CT molecular complexity index is 496. The minimum absolute atomic E-state index is 0.0177. The molecule has 1 aliphatic rings. The lowest BCUT2D eigenvalue weighted by Crippen LogP contribution is -2.35. The maximum atomic E-state index is 10.8. The Morgan fingerprint density at radius 2 is 2.05 bits per heavy atom. The number of aliphatic hydroxyl groups excluding tert-OH is 1. The van der Waals surface area contributed by atoms with Gasteiger partial charge in [-0.15, -0.1) is 0 Å². The molecule has 1 aromatic carbocycles. The van der Waals surface area contributed by atoms with Gasteiger partial charge < -0.3 is 9.84 Å². The molecule has 2 rings (SSSR count). The average Bonchev–Trinajstić information content (AvgIpc) is 2.49. The summed E-state index contributed by atoms with van der Waals surface area (Å²) in [6.07, 6.45) is 5.34. The van der Waals surface area contributed by atoms with Crippen molar-refractivity contribution in [1.29, 1.82) is 0 Å². The lowest BCUT2D eigenvalue weighted by Gasteiger charge is -2.28. The van der Waals surface area contributed by atoms with E-state index in [1.807, 2.05) is 12.2 Å². The minimum Gasteiger partial charge on any atom is -0.483 e. The Balaban J connectivity index is 1.74. The van der Waals surface area contributed by atoms with Gasteiger partial charge in [-0.3, -0.25) is 15.0 Å². The number of aliphatic hydroxyl groups is 1. The summed E-state index contributed by atoms with van der Waals surface area (Å²) in [4.78, 5) is 12.6. The molecule has 1 N–H and O–H groups in total. The number of piperidine rings is 1. The van der Waals surface area contributed by atoms with Crippen molar-refractivity contribution in [1.82, 2.24) is 4.90 Å². The summed E-state index contributed by atoms with van der Waals surface area (Å²) >= 11 is 0. The Morgan fingerprint density at radius 1 is 1.33 bits per heavy atom. The van der Waals surface area contributed by atoms with Crippen LogP contribution in [0, 0.1) is 10.1 Å². The molecular formula is C15H20N2O4. The molecule has 0 aliphatic carbocycles. The Labute approximate surface area is 123 Å². The van der Waals surface area contributed by atoms with Crippen LogP contribution in [0.2, 0.25) is 0 Å². The summed E-state index contributed by atoms with van der Waals surface area (Å²) in [6.45, 7) is 2.92. The zero-order chi connectivity index (χ0) is 15.1. The van der Waals surface area contributed by atoms with E-state index < -0.39 is 4.92 Å². The molecule has 21 heavy (non-hydrogen) atoms. The van der Waals surface area contributed by atoms with E-state index in [0.29, 0.717) is 6.61 Å². The Kier molecular flexibility index (Phi) is 5.71. The molecule has 1 aromatic rings. The predicted molar refractivity (Wildman–Crippen MR) is 79.4 cm³/mol. The van der Waals surface area contributed by atoms with E-state index in [2.05, 4.69) is 4.90 Å². The Morgan fingerprint density at radius 3 is 2.76 bits per heavy atom. The number of rotatable bonds is 6. The first-order valence-electron chi connectivity index (χ1n) is 7.08. The predicted octanol–water partition coefficient (Wildman–Crippen LogP) is 1.99. The molecule has 0 amide bonds. The lowest BCUT2D eigenvalue weighted by molar-refractivity contribution is -0.385. The largest absolute Gasteiger partial charge is 0.483 e. The van der Waals surface area contributed by atoms with Crippen molar-refractivity contribution >= 4 is 5.69 Å². The second-order valence-corrected chi connectivity index (χ2v) is 5.04. The summed E-state index contributed by atoms with van der Waals surface area (Å²) in [5, 5.41) is 20.2. The van der Waals surface area contributed by atoms with Gasteiger partial charge in [-0.2, -0.15) is 0 Å². The topological polar surface area (TPSA) is 75.8 Å². The number of likely N-dealkylation sites (tertiary alicyclic amines) is 1. The molecule has 1 saturated heterocycles. The van der Waals surface area contributed by atoms with Gasteiger partial charge in [-0.25, -0.2) is 0 Å². The monoisotopic (exact) mass is 292 g/mol. The minimum atomic E-state index is -0.446. The van der Waals surface area contributed by atoms with Crippen LogP contribution < -0.4 is 4.74 Å². The van der Waals surface area contributed by atoms with Crippen molar-refractivity contribution in [3.8, 4) is 5.75 Å². The number of benzene rings is 1. The average molecular weight is 292 g/mol. The van der Waals surface area contributed by atoms with Crippen LogP contribution in [0.3, 0.4) is 0 Å². The smallest absolute Gasteiger partial charge is 0.310 e. The number of nitro benzene ring substituents is 1. The maximum absolute atomic E-state index is 10.8. The molecule has 0 aromatic heterocycles. The van der Waals surface area contributed by atoms with Crippen LogP contribution in [0.5, 0.6) is 5.75 Å². The lowest BCUT2D eigenvalue weighted by atomic mass is 10.1. The van der Waals surface area contributed by atoms with Crippen LogP contribution in [-0.2, 0) is 0 Å². The van der Waals surface area contributed by atoms with E-state index in [0.717, 1.165) is 32.5 Å². The van der Waals surface area contributed by atoms with Crippen molar-refractivity contribution < 1.29 is 14.8 Å². The zero-order valence-corrected chi connectivity index (χ0v) is 11.9. The first-order valence-corrected chi connectivity index (χ1v) is 7.08. The van der Waals surface area contributed by atoms with Crippen molar-refractivity contribution in [3.63, 3.8) is 0 Å². The number of ether oxygens (including phenoxy) is 1. The summed E-state index contributed by atoms with van der Waals surface area (Å²) in [7, 11) is 0. The summed E-state index contributed by atoms with van der Waals surface area (Å²) in [5.74, 6) is 0.285. The number of hydrogen-bond donors (Lipinski definition) is 1. The van der Waals surface area contributed by atoms with Gasteiger partial charge in [0.15, 0.2) is 5.75 Å². The van der Waals surface area contributed by atoms with Crippen LogP contribution in [0.1, 0.15) is 12.8 Å². The van der Waals surface area contributed by atoms with Crippen LogP contribution in [0.15, 0.2) is 36.4 Å². The fourth-order valence-corrected chi connectivity index (χ4v) is 2.26. The van der Waals surface area contributed by atoms with Gasteiger partial charge in [-0.1, -0.05) is 24.3 Å². The molecule has 114 valence electrons. The highest BCUT2D eigenvalue weighted by Gasteiger charge is 2.15. The fraction of sp³-hybridized carbons (Fsp3) is 0.467. The second kappa shape index (κ2) is 7.75. The molecule has 1 aliphatic heterocycles. The summed E-state index contributed by atoms with van der Waals surface area (Å²) < 4.78 is 5.42. The maximum Gasteiger partial charge on any atom is 0.310 e. The van der Waals surface area contributed by atoms with Crippen LogP contribution in [0.25, 0.3) is 0 Å². The molecule has 1 heterocycles. The van der Waals surface area contributed by atoms with Crippen molar-refractivity contribution in [2.24, 2.45) is 0 Å². The van der Waals surface area contributed by atoms with E-state index in [1.54, 1.807) is 18.2 Å². The summed E-state index contributed by atoms with van der Waals surface area (Å²) in [6, 6.07) is 6.35. The molecule has 0 unspecified atom stereocenters.